The highest BCUT2D eigenvalue weighted by Crippen LogP contribution is 2.47. The van der Waals surface area contributed by atoms with Crippen LogP contribution in [0.4, 0.5) is 5.69 Å². The largest absolute Gasteiger partial charge is 0.299 e. The molecule has 0 aliphatic carbocycles. The third-order valence-corrected chi connectivity index (χ3v) is 6.12. The summed E-state index contributed by atoms with van der Waals surface area (Å²) in [5, 5.41) is 11.7. The Morgan fingerprint density at radius 3 is 2.80 bits per heavy atom. The van der Waals surface area contributed by atoms with Crippen LogP contribution in [0.25, 0.3) is 0 Å². The Hall–Kier alpha value is -2.14. The van der Waals surface area contributed by atoms with Gasteiger partial charge in [0.1, 0.15) is 6.04 Å². The number of hydrogen-bond acceptors (Lipinski definition) is 4. The van der Waals surface area contributed by atoms with E-state index in [0.29, 0.717) is 25.5 Å². The Bertz CT molecular complexity index is 850. The maximum absolute atomic E-state index is 13.1. The van der Waals surface area contributed by atoms with Crippen LogP contribution in [0.15, 0.2) is 16.6 Å². The molecule has 3 heterocycles. The van der Waals surface area contributed by atoms with E-state index in [2.05, 4.69) is 27.2 Å². The summed E-state index contributed by atoms with van der Waals surface area (Å²) in [6, 6.07) is 3.09. The second kappa shape index (κ2) is 5.99. The summed E-state index contributed by atoms with van der Waals surface area (Å²) in [6.07, 6.45) is 2.45. The maximum atomic E-state index is 13.1. The van der Waals surface area contributed by atoms with Crippen molar-refractivity contribution in [3.05, 3.63) is 27.7 Å². The third kappa shape index (κ3) is 2.49. The molecule has 1 fully saturated rings. The molecule has 2 atom stereocenters. The first kappa shape index (κ1) is 16.3. The highest BCUT2D eigenvalue weighted by atomic mass is 79.9. The van der Waals surface area contributed by atoms with E-state index < -0.39 is 11.9 Å². The molecule has 0 spiro atoms. The number of anilines is 1. The van der Waals surface area contributed by atoms with Crippen LogP contribution in [0, 0.1) is 11.2 Å². The van der Waals surface area contributed by atoms with E-state index in [4.69, 9.17) is 0 Å². The van der Waals surface area contributed by atoms with Gasteiger partial charge in [0, 0.05) is 22.5 Å². The van der Waals surface area contributed by atoms with E-state index in [1.54, 1.807) is 4.90 Å². The molecular formula is C17H15BBrN3O3. The molecule has 6 nitrogen and oxygen atoms in total. The van der Waals surface area contributed by atoms with E-state index in [-0.39, 0.29) is 30.9 Å². The molecule has 3 amide bonds. The van der Waals surface area contributed by atoms with Gasteiger partial charge in [0.25, 0.3) is 6.71 Å². The first-order valence-electron chi connectivity index (χ1n) is 8.39. The van der Waals surface area contributed by atoms with Crippen molar-refractivity contribution in [1.82, 2.24) is 5.32 Å². The monoisotopic (exact) mass is 399 g/mol. The predicted octanol–water partition coefficient (Wildman–Crippen LogP) is 1.73. The fraction of sp³-hybridized carbons (Fsp3) is 0.412. The SMILES string of the molecule is N#CB1CCC2C(=O)N(C3CCC(=O)NC3=O)c3ccc(Br)c(c32)C1. The molecule has 25 heavy (non-hydrogen) atoms. The van der Waals surface area contributed by atoms with Gasteiger partial charge in [0.05, 0.1) is 5.92 Å². The van der Waals surface area contributed by atoms with Gasteiger partial charge in [-0.2, -0.15) is 0 Å². The van der Waals surface area contributed by atoms with E-state index in [1.165, 1.54) is 0 Å². The van der Waals surface area contributed by atoms with Gasteiger partial charge < -0.3 is 0 Å². The van der Waals surface area contributed by atoms with E-state index in [9.17, 15) is 19.6 Å². The molecule has 4 rings (SSSR count). The zero-order valence-corrected chi connectivity index (χ0v) is 15.0. The van der Waals surface area contributed by atoms with Crippen LogP contribution in [0.1, 0.15) is 36.3 Å². The summed E-state index contributed by atoms with van der Waals surface area (Å²) in [5.74, 6) is 1.22. The third-order valence-electron chi connectivity index (χ3n) is 5.38. The fourth-order valence-corrected chi connectivity index (χ4v) is 4.69. The standard InChI is InChI=1S/C17H15BBrN3O3/c19-11-1-2-12-15-9(5-6-18(8-20)7-10(11)15)17(25)22(12)13-3-4-14(23)21-16(13)24/h1-2,9,13H,3-7H2,(H,21,23,24). The summed E-state index contributed by atoms with van der Waals surface area (Å²) >= 11 is 3.56. The average molecular weight is 400 g/mol. The van der Waals surface area contributed by atoms with Gasteiger partial charge in [-0.05, 0) is 42.4 Å². The number of carbonyl (C=O) groups is 3. The highest BCUT2D eigenvalue weighted by molar-refractivity contribution is 9.10. The van der Waals surface area contributed by atoms with Gasteiger partial charge in [0.2, 0.25) is 17.7 Å². The first-order chi connectivity index (χ1) is 12.0. The molecule has 126 valence electrons. The van der Waals surface area contributed by atoms with Gasteiger partial charge in [0.15, 0.2) is 0 Å². The van der Waals surface area contributed by atoms with Crippen molar-refractivity contribution in [2.24, 2.45) is 0 Å². The number of nitrogens with one attached hydrogen (secondary N) is 1. The summed E-state index contributed by atoms with van der Waals surface area (Å²) < 4.78 is 0.899. The molecule has 3 aliphatic rings. The molecule has 3 aliphatic heterocycles. The van der Waals surface area contributed by atoms with E-state index >= 15 is 0 Å². The minimum Gasteiger partial charge on any atom is -0.299 e. The van der Waals surface area contributed by atoms with Crippen LogP contribution >= 0.6 is 15.9 Å². The van der Waals surface area contributed by atoms with Gasteiger partial charge in [-0.3, -0.25) is 24.6 Å². The number of nitriles is 1. The smallest absolute Gasteiger partial charge is 0.272 e. The summed E-state index contributed by atoms with van der Waals surface area (Å²) in [6.45, 7) is -0.106. The number of piperidine rings is 1. The molecular weight excluding hydrogens is 385 g/mol. The number of halogens is 1. The van der Waals surface area contributed by atoms with Crippen molar-refractivity contribution in [3.8, 4) is 5.97 Å². The Kier molecular flexibility index (Phi) is 3.91. The average Bonchev–Trinajstić information content (AvgIpc) is 2.75. The second-order valence-electron chi connectivity index (χ2n) is 6.79. The lowest BCUT2D eigenvalue weighted by Crippen LogP contribution is -2.54. The van der Waals surface area contributed by atoms with Crippen LogP contribution in [-0.4, -0.2) is 30.5 Å². The van der Waals surface area contributed by atoms with Crippen molar-refractivity contribution in [3.63, 3.8) is 0 Å². The topological polar surface area (TPSA) is 90.3 Å². The maximum Gasteiger partial charge on any atom is 0.272 e. The number of amides is 3. The van der Waals surface area contributed by atoms with Crippen LogP contribution in [0.3, 0.4) is 0 Å². The minimum absolute atomic E-state index is 0.0950. The molecule has 2 unspecified atom stereocenters. The number of hydrogen-bond donors (Lipinski definition) is 1. The fourth-order valence-electron chi connectivity index (χ4n) is 4.19. The van der Waals surface area contributed by atoms with Crippen molar-refractivity contribution in [1.29, 1.82) is 5.26 Å². The van der Waals surface area contributed by atoms with Crippen LogP contribution in [0.2, 0.25) is 6.32 Å². The number of benzene rings is 1. The number of nitrogens with zero attached hydrogens (tertiary/aromatic N) is 2. The van der Waals surface area contributed by atoms with Gasteiger partial charge >= 0.3 is 0 Å². The molecule has 0 aromatic heterocycles. The summed E-state index contributed by atoms with van der Waals surface area (Å²) in [4.78, 5) is 38.4. The Balaban J connectivity index is 1.81. The predicted molar refractivity (Wildman–Crippen MR) is 95.0 cm³/mol. The molecule has 0 saturated carbocycles. The molecule has 1 saturated heterocycles. The van der Waals surface area contributed by atoms with E-state index in [0.717, 1.165) is 21.3 Å². The van der Waals surface area contributed by atoms with Gasteiger partial charge in [-0.25, -0.2) is 5.26 Å². The lowest BCUT2D eigenvalue weighted by molar-refractivity contribution is -0.135. The molecule has 1 aromatic rings. The first-order valence-corrected chi connectivity index (χ1v) is 9.18. The zero-order chi connectivity index (χ0) is 17.7. The van der Waals surface area contributed by atoms with Crippen molar-refractivity contribution in [2.45, 2.75) is 43.9 Å². The van der Waals surface area contributed by atoms with Gasteiger partial charge in [-0.15, -0.1) is 0 Å². The van der Waals surface area contributed by atoms with Crippen molar-refractivity contribution >= 4 is 46.1 Å². The van der Waals surface area contributed by atoms with Crippen LogP contribution in [0.5, 0.6) is 0 Å². The molecule has 1 aromatic carbocycles. The Morgan fingerprint density at radius 1 is 1.28 bits per heavy atom. The van der Waals surface area contributed by atoms with Crippen molar-refractivity contribution < 1.29 is 14.4 Å². The lowest BCUT2D eigenvalue weighted by atomic mass is 9.45. The summed E-state index contributed by atoms with van der Waals surface area (Å²) in [5.41, 5.74) is 2.69. The summed E-state index contributed by atoms with van der Waals surface area (Å²) in [7, 11) is 0. The zero-order valence-electron chi connectivity index (χ0n) is 13.4. The molecule has 1 N–H and O–H groups in total. The Labute approximate surface area is 153 Å². The molecule has 0 radical (unpaired) electrons. The normalized spacial score (nSPS) is 25.4. The van der Waals surface area contributed by atoms with Crippen LogP contribution < -0.4 is 10.2 Å². The molecule has 0 bridgehead atoms. The quantitative estimate of drug-likeness (QED) is 0.575. The van der Waals surface area contributed by atoms with Gasteiger partial charge in [-0.1, -0.05) is 22.3 Å². The second-order valence-corrected chi connectivity index (χ2v) is 7.65. The highest BCUT2D eigenvalue weighted by Gasteiger charge is 2.47. The number of carbonyl (C=O) groups excluding carboxylic acids is 3. The number of imide groups is 1. The lowest BCUT2D eigenvalue weighted by Gasteiger charge is -2.30. The minimum atomic E-state index is -0.644. The van der Waals surface area contributed by atoms with Crippen molar-refractivity contribution in [2.75, 3.05) is 4.90 Å². The number of rotatable bonds is 1. The Morgan fingerprint density at radius 2 is 2.08 bits per heavy atom. The van der Waals surface area contributed by atoms with Crippen LogP contribution in [-0.2, 0) is 20.7 Å². The molecule has 8 heteroatoms. The van der Waals surface area contributed by atoms with E-state index in [1.807, 2.05) is 12.1 Å².